The van der Waals surface area contributed by atoms with E-state index in [-0.39, 0.29) is 0 Å². The molecule has 2 aromatic rings. The van der Waals surface area contributed by atoms with Crippen LogP contribution < -0.4 is 0 Å². The first-order valence-electron chi connectivity index (χ1n) is 4.12. The molecule has 0 unspecified atom stereocenters. The largest absolute Gasteiger partial charge is 0.0985 e. The second-order valence-electron chi connectivity index (χ2n) is 2.92. The summed E-state index contributed by atoms with van der Waals surface area (Å²) in [6.45, 7) is 3.76. The van der Waals surface area contributed by atoms with Gasteiger partial charge in [0.25, 0.3) is 0 Å². The molecule has 2 aromatic carbocycles. The van der Waals surface area contributed by atoms with E-state index in [2.05, 4.69) is 65.6 Å². The van der Waals surface area contributed by atoms with Gasteiger partial charge in [0.15, 0.2) is 0 Å². The van der Waals surface area contributed by atoms with Crippen molar-refractivity contribution in [3.63, 3.8) is 0 Å². The second kappa shape index (κ2) is 3.50. The van der Waals surface area contributed by atoms with E-state index in [0.717, 1.165) is 0 Å². The summed E-state index contributed by atoms with van der Waals surface area (Å²) in [6.07, 6.45) is 1.87. The molecule has 64 valence electrons. The molecule has 0 aromatic heterocycles. The van der Waals surface area contributed by atoms with Gasteiger partial charge in [-0.15, -0.1) is 0 Å². The predicted molar refractivity (Wildman–Crippen MR) is 66.8 cm³/mol. The van der Waals surface area contributed by atoms with E-state index in [1.807, 2.05) is 6.08 Å². The first-order chi connectivity index (χ1) is 6.31. The molecule has 0 heterocycles. The average molecular weight is 280 g/mol. The van der Waals surface area contributed by atoms with Crippen molar-refractivity contribution in [1.82, 2.24) is 0 Å². The fraction of sp³-hybridized carbons (Fsp3) is 0. The van der Waals surface area contributed by atoms with Crippen molar-refractivity contribution >= 4 is 39.4 Å². The number of hydrogen-bond acceptors (Lipinski definition) is 0. The van der Waals surface area contributed by atoms with Gasteiger partial charge in [0.05, 0.1) is 0 Å². The summed E-state index contributed by atoms with van der Waals surface area (Å²) in [5, 5.41) is 2.60. The summed E-state index contributed by atoms with van der Waals surface area (Å²) in [5.41, 5.74) is 1.18. The van der Waals surface area contributed by atoms with E-state index in [4.69, 9.17) is 0 Å². The van der Waals surface area contributed by atoms with E-state index in [9.17, 15) is 0 Å². The highest BCUT2D eigenvalue weighted by molar-refractivity contribution is 14.1. The summed E-state index contributed by atoms with van der Waals surface area (Å²) in [7, 11) is 0. The molecule has 0 saturated heterocycles. The molecule has 0 atom stereocenters. The summed E-state index contributed by atoms with van der Waals surface area (Å²) in [4.78, 5) is 0. The summed E-state index contributed by atoms with van der Waals surface area (Å²) < 4.78 is 1.30. The minimum Gasteiger partial charge on any atom is -0.0985 e. The molecule has 2 rings (SSSR count). The lowest BCUT2D eigenvalue weighted by Crippen LogP contribution is -1.78. The van der Waals surface area contributed by atoms with Crippen LogP contribution in [0.5, 0.6) is 0 Å². The van der Waals surface area contributed by atoms with Crippen LogP contribution in [-0.4, -0.2) is 0 Å². The monoisotopic (exact) mass is 280 g/mol. The number of halogens is 1. The third-order valence-electron chi connectivity index (χ3n) is 2.09. The lowest BCUT2D eigenvalue weighted by molar-refractivity contribution is 1.68. The highest BCUT2D eigenvalue weighted by Gasteiger charge is 1.96. The molecular weight excluding hydrogens is 271 g/mol. The Morgan fingerprint density at radius 3 is 2.77 bits per heavy atom. The zero-order valence-electron chi connectivity index (χ0n) is 7.13. The molecule has 0 N–H and O–H groups in total. The van der Waals surface area contributed by atoms with Crippen LogP contribution in [0.4, 0.5) is 0 Å². The molecule has 0 amide bonds. The van der Waals surface area contributed by atoms with Crippen LogP contribution in [0, 0.1) is 3.57 Å². The lowest BCUT2D eigenvalue weighted by atomic mass is 10.1. The zero-order valence-corrected chi connectivity index (χ0v) is 9.28. The third-order valence-corrected chi connectivity index (χ3v) is 3.03. The van der Waals surface area contributed by atoms with Gasteiger partial charge in [-0.05, 0) is 51.1 Å². The molecule has 0 saturated carbocycles. The number of fused-ring (bicyclic) bond motifs is 1. The van der Waals surface area contributed by atoms with Crippen molar-refractivity contribution in [2.24, 2.45) is 0 Å². The van der Waals surface area contributed by atoms with Crippen LogP contribution in [0.15, 0.2) is 43.0 Å². The van der Waals surface area contributed by atoms with Gasteiger partial charge < -0.3 is 0 Å². The fourth-order valence-electron chi connectivity index (χ4n) is 1.39. The SMILES string of the molecule is C=Cc1ccc2c(I)cccc2c1. The third kappa shape index (κ3) is 1.61. The van der Waals surface area contributed by atoms with Gasteiger partial charge in [-0.1, -0.05) is 36.9 Å². The molecule has 0 aliphatic rings. The van der Waals surface area contributed by atoms with Crippen LogP contribution in [0.25, 0.3) is 16.8 Å². The van der Waals surface area contributed by atoms with Gasteiger partial charge in [0, 0.05) is 3.57 Å². The maximum atomic E-state index is 3.76. The molecule has 0 spiro atoms. The Bertz CT molecular complexity index is 458. The summed E-state index contributed by atoms with van der Waals surface area (Å²) in [6, 6.07) is 12.7. The number of benzene rings is 2. The Hall–Kier alpha value is -0.830. The van der Waals surface area contributed by atoms with E-state index in [1.54, 1.807) is 0 Å². The Morgan fingerprint density at radius 1 is 1.15 bits per heavy atom. The van der Waals surface area contributed by atoms with E-state index < -0.39 is 0 Å². The Balaban J connectivity index is 2.79. The average Bonchev–Trinajstić information content (AvgIpc) is 2.18. The Morgan fingerprint density at radius 2 is 2.00 bits per heavy atom. The lowest BCUT2D eigenvalue weighted by Gasteiger charge is -2.01. The minimum atomic E-state index is 1.18. The van der Waals surface area contributed by atoms with E-state index in [0.29, 0.717) is 0 Å². The van der Waals surface area contributed by atoms with Gasteiger partial charge in [-0.3, -0.25) is 0 Å². The van der Waals surface area contributed by atoms with Crippen LogP contribution >= 0.6 is 22.6 Å². The van der Waals surface area contributed by atoms with Crippen LogP contribution in [0.3, 0.4) is 0 Å². The topological polar surface area (TPSA) is 0 Å². The van der Waals surface area contributed by atoms with E-state index in [1.165, 1.54) is 19.9 Å². The molecule has 13 heavy (non-hydrogen) atoms. The highest BCUT2D eigenvalue weighted by atomic mass is 127. The van der Waals surface area contributed by atoms with Crippen molar-refractivity contribution in [2.45, 2.75) is 0 Å². The standard InChI is InChI=1S/C12H9I/c1-2-9-6-7-11-10(8-9)4-3-5-12(11)13/h2-8H,1H2. The van der Waals surface area contributed by atoms with Crippen molar-refractivity contribution in [1.29, 1.82) is 0 Å². The maximum Gasteiger partial charge on any atom is 0.0208 e. The smallest absolute Gasteiger partial charge is 0.0208 e. The van der Waals surface area contributed by atoms with Crippen molar-refractivity contribution < 1.29 is 0 Å². The van der Waals surface area contributed by atoms with Gasteiger partial charge >= 0.3 is 0 Å². The molecule has 0 fully saturated rings. The van der Waals surface area contributed by atoms with Gasteiger partial charge in [0.2, 0.25) is 0 Å². The summed E-state index contributed by atoms with van der Waals surface area (Å²) >= 11 is 2.36. The van der Waals surface area contributed by atoms with Gasteiger partial charge in [-0.25, -0.2) is 0 Å². The van der Waals surface area contributed by atoms with Crippen molar-refractivity contribution in [2.75, 3.05) is 0 Å². The molecule has 1 heteroatoms. The Labute approximate surface area is 91.4 Å². The molecule has 0 nitrogen and oxygen atoms in total. The minimum absolute atomic E-state index is 1.18. The quantitative estimate of drug-likeness (QED) is 0.690. The van der Waals surface area contributed by atoms with Crippen LogP contribution in [0.2, 0.25) is 0 Å². The Kier molecular flexibility index (Phi) is 2.36. The molecule has 0 aliphatic heterocycles. The van der Waals surface area contributed by atoms with Crippen LogP contribution in [-0.2, 0) is 0 Å². The van der Waals surface area contributed by atoms with Crippen LogP contribution in [0.1, 0.15) is 5.56 Å². The highest BCUT2D eigenvalue weighted by Crippen LogP contribution is 2.21. The second-order valence-corrected chi connectivity index (χ2v) is 4.09. The summed E-state index contributed by atoms with van der Waals surface area (Å²) in [5.74, 6) is 0. The van der Waals surface area contributed by atoms with Gasteiger partial charge in [-0.2, -0.15) is 0 Å². The van der Waals surface area contributed by atoms with Crippen molar-refractivity contribution in [3.8, 4) is 0 Å². The van der Waals surface area contributed by atoms with Gasteiger partial charge in [0.1, 0.15) is 0 Å². The zero-order chi connectivity index (χ0) is 9.26. The molecule has 0 radical (unpaired) electrons. The number of hydrogen-bond donors (Lipinski definition) is 0. The normalized spacial score (nSPS) is 10.2. The number of rotatable bonds is 1. The molecular formula is C12H9I. The first kappa shape index (κ1) is 8.75. The van der Waals surface area contributed by atoms with E-state index >= 15 is 0 Å². The predicted octanol–water partition coefficient (Wildman–Crippen LogP) is 4.09. The first-order valence-corrected chi connectivity index (χ1v) is 5.20. The maximum absolute atomic E-state index is 3.76. The fourth-order valence-corrected chi connectivity index (χ4v) is 2.09. The molecule has 0 bridgehead atoms. The van der Waals surface area contributed by atoms with Crippen molar-refractivity contribution in [3.05, 3.63) is 52.1 Å². The molecule has 0 aliphatic carbocycles.